The maximum absolute atomic E-state index is 12.7. The van der Waals surface area contributed by atoms with Gasteiger partial charge in [0.05, 0.1) is 11.5 Å². The van der Waals surface area contributed by atoms with Crippen molar-refractivity contribution in [3.63, 3.8) is 0 Å². The van der Waals surface area contributed by atoms with E-state index in [1.807, 2.05) is 0 Å². The Morgan fingerprint density at radius 2 is 2.08 bits per heavy atom. The summed E-state index contributed by atoms with van der Waals surface area (Å²) in [5.41, 5.74) is 1.25. The molecule has 138 valence electrons. The van der Waals surface area contributed by atoms with Gasteiger partial charge in [0.15, 0.2) is 0 Å². The highest BCUT2D eigenvalue weighted by Gasteiger charge is 2.32. The van der Waals surface area contributed by atoms with Gasteiger partial charge in [-0.05, 0) is 58.1 Å². The highest BCUT2D eigenvalue weighted by Crippen LogP contribution is 2.25. The predicted octanol–water partition coefficient (Wildman–Crippen LogP) is 3.01. The van der Waals surface area contributed by atoms with E-state index in [-0.39, 0.29) is 23.5 Å². The molecule has 2 aliphatic rings. The number of nitrogens with zero attached hydrogens (tertiary/aromatic N) is 1. The summed E-state index contributed by atoms with van der Waals surface area (Å²) in [5.74, 6) is 0.377. The van der Waals surface area contributed by atoms with E-state index in [9.17, 15) is 4.79 Å². The summed E-state index contributed by atoms with van der Waals surface area (Å²) < 4.78 is 5.75. The molecule has 3 rings (SSSR count). The van der Waals surface area contributed by atoms with Crippen molar-refractivity contribution in [3.05, 3.63) is 35.9 Å². The van der Waals surface area contributed by atoms with Gasteiger partial charge in [0, 0.05) is 25.7 Å². The minimum Gasteiger partial charge on any atom is -0.375 e. The Bertz CT molecular complexity index is 558. The molecule has 2 heterocycles. The Kier molecular flexibility index (Phi) is 6.13. The topological polar surface area (TPSA) is 41.6 Å². The molecule has 2 saturated heterocycles. The molecule has 1 aromatic carbocycles. The van der Waals surface area contributed by atoms with Crippen LogP contribution in [0.5, 0.6) is 0 Å². The fourth-order valence-corrected chi connectivity index (χ4v) is 4.08. The first-order valence-corrected chi connectivity index (χ1v) is 9.72. The Morgan fingerprint density at radius 1 is 1.28 bits per heavy atom. The van der Waals surface area contributed by atoms with Crippen LogP contribution in [0.2, 0.25) is 0 Å². The first-order chi connectivity index (χ1) is 12.0. The van der Waals surface area contributed by atoms with E-state index in [2.05, 4.69) is 54.4 Å². The normalized spacial score (nSPS) is 27.0. The number of carbonyl (C=O) groups excluding carboxylic acids is 1. The Labute approximate surface area is 151 Å². The van der Waals surface area contributed by atoms with E-state index in [1.54, 1.807) is 0 Å². The number of rotatable bonds is 5. The van der Waals surface area contributed by atoms with Crippen molar-refractivity contribution in [2.75, 3.05) is 26.2 Å². The second-order valence-electron chi connectivity index (χ2n) is 8.18. The molecule has 2 aliphatic heterocycles. The zero-order chi connectivity index (χ0) is 17.7. The van der Waals surface area contributed by atoms with Crippen LogP contribution in [0.15, 0.2) is 30.3 Å². The van der Waals surface area contributed by atoms with Crippen LogP contribution in [-0.4, -0.2) is 48.7 Å². The Morgan fingerprint density at radius 3 is 2.84 bits per heavy atom. The molecular formula is C21H32N2O2. The summed E-state index contributed by atoms with van der Waals surface area (Å²) in [5, 5.41) is 3.29. The molecule has 4 nitrogen and oxygen atoms in total. The molecule has 0 aromatic heterocycles. The average molecular weight is 344 g/mol. The predicted molar refractivity (Wildman–Crippen MR) is 101 cm³/mol. The van der Waals surface area contributed by atoms with Gasteiger partial charge in [0.2, 0.25) is 5.91 Å². The number of likely N-dealkylation sites (tertiary alicyclic amines) is 1. The van der Waals surface area contributed by atoms with Crippen LogP contribution in [-0.2, 0) is 16.0 Å². The van der Waals surface area contributed by atoms with Crippen molar-refractivity contribution in [1.29, 1.82) is 0 Å². The molecule has 1 N–H and O–H groups in total. The largest absolute Gasteiger partial charge is 0.375 e. The van der Waals surface area contributed by atoms with Crippen molar-refractivity contribution in [1.82, 2.24) is 10.2 Å². The molecule has 1 amide bonds. The Hall–Kier alpha value is -1.39. The second-order valence-corrected chi connectivity index (χ2v) is 8.18. The maximum Gasteiger partial charge on any atom is 0.224 e. The van der Waals surface area contributed by atoms with Crippen LogP contribution in [0.3, 0.4) is 0 Å². The number of piperidine rings is 1. The first-order valence-electron chi connectivity index (χ1n) is 9.72. The van der Waals surface area contributed by atoms with Crippen LogP contribution in [0.25, 0.3) is 0 Å². The van der Waals surface area contributed by atoms with Crippen LogP contribution >= 0.6 is 0 Å². The number of benzene rings is 1. The lowest BCUT2D eigenvalue weighted by atomic mass is 9.92. The molecule has 25 heavy (non-hydrogen) atoms. The van der Waals surface area contributed by atoms with E-state index >= 15 is 0 Å². The molecule has 2 fully saturated rings. The lowest BCUT2D eigenvalue weighted by Gasteiger charge is -2.37. The van der Waals surface area contributed by atoms with Gasteiger partial charge in [-0.1, -0.05) is 30.3 Å². The van der Waals surface area contributed by atoms with Crippen LogP contribution < -0.4 is 5.32 Å². The van der Waals surface area contributed by atoms with Gasteiger partial charge in [0.1, 0.15) is 0 Å². The highest BCUT2D eigenvalue weighted by molar-refractivity contribution is 5.79. The molecule has 1 aromatic rings. The average Bonchev–Trinajstić information content (AvgIpc) is 2.60. The smallest absolute Gasteiger partial charge is 0.224 e. The van der Waals surface area contributed by atoms with E-state index in [4.69, 9.17) is 4.74 Å². The molecule has 0 unspecified atom stereocenters. The molecule has 4 heteroatoms. The van der Waals surface area contributed by atoms with Gasteiger partial charge in [0.25, 0.3) is 0 Å². The lowest BCUT2D eigenvalue weighted by molar-refractivity contribution is -0.129. The molecular weight excluding hydrogens is 312 g/mol. The summed E-state index contributed by atoms with van der Waals surface area (Å²) in [6, 6.07) is 10.9. The summed E-state index contributed by atoms with van der Waals surface area (Å²) in [7, 11) is 0. The number of carbonyl (C=O) groups is 1. The van der Waals surface area contributed by atoms with E-state index in [1.165, 1.54) is 5.56 Å². The van der Waals surface area contributed by atoms with Gasteiger partial charge in [-0.25, -0.2) is 0 Å². The fraction of sp³-hybridized carbons (Fsp3) is 0.667. The van der Waals surface area contributed by atoms with Crippen LogP contribution in [0.1, 0.15) is 45.1 Å². The number of ether oxygens (including phenoxy) is 1. The minimum absolute atomic E-state index is 0.121. The zero-order valence-electron chi connectivity index (χ0n) is 15.7. The van der Waals surface area contributed by atoms with Crippen molar-refractivity contribution in [2.45, 2.75) is 57.6 Å². The number of hydrogen-bond donors (Lipinski definition) is 1. The molecule has 0 radical (unpaired) electrons. The maximum atomic E-state index is 12.7. The van der Waals surface area contributed by atoms with Crippen molar-refractivity contribution in [3.8, 4) is 0 Å². The van der Waals surface area contributed by atoms with Gasteiger partial charge >= 0.3 is 0 Å². The van der Waals surface area contributed by atoms with Gasteiger partial charge in [-0.3, -0.25) is 4.79 Å². The zero-order valence-corrected chi connectivity index (χ0v) is 15.7. The number of amides is 1. The molecule has 0 saturated carbocycles. The van der Waals surface area contributed by atoms with Crippen molar-refractivity contribution in [2.24, 2.45) is 5.92 Å². The van der Waals surface area contributed by atoms with E-state index in [0.717, 1.165) is 58.3 Å². The van der Waals surface area contributed by atoms with Crippen LogP contribution in [0, 0.1) is 5.92 Å². The summed E-state index contributed by atoms with van der Waals surface area (Å²) >= 11 is 0. The third kappa shape index (κ3) is 5.55. The monoisotopic (exact) mass is 344 g/mol. The molecule has 0 bridgehead atoms. The Balaban J connectivity index is 1.46. The third-order valence-electron chi connectivity index (χ3n) is 5.48. The van der Waals surface area contributed by atoms with Crippen molar-refractivity contribution < 1.29 is 9.53 Å². The SMILES string of the molecule is CC1(C)C[C@H](NC(=O)[C@H]2CCCN(CCc3ccccc3)C2)CCO1. The van der Waals surface area contributed by atoms with Gasteiger partial charge < -0.3 is 15.0 Å². The highest BCUT2D eigenvalue weighted by atomic mass is 16.5. The van der Waals surface area contributed by atoms with E-state index < -0.39 is 0 Å². The second kappa shape index (κ2) is 8.33. The van der Waals surface area contributed by atoms with Crippen molar-refractivity contribution >= 4 is 5.91 Å². The number of nitrogens with one attached hydrogen (secondary N) is 1. The molecule has 2 atom stereocenters. The molecule has 0 aliphatic carbocycles. The van der Waals surface area contributed by atoms with Gasteiger partial charge in [-0.2, -0.15) is 0 Å². The van der Waals surface area contributed by atoms with Crippen LogP contribution in [0.4, 0.5) is 0 Å². The van der Waals surface area contributed by atoms with Gasteiger partial charge in [-0.15, -0.1) is 0 Å². The lowest BCUT2D eigenvalue weighted by Crippen LogP contribution is -2.50. The fourth-order valence-electron chi connectivity index (χ4n) is 4.08. The summed E-state index contributed by atoms with van der Waals surface area (Å²) in [6.07, 6.45) is 5.03. The summed E-state index contributed by atoms with van der Waals surface area (Å²) in [6.45, 7) is 8.00. The third-order valence-corrected chi connectivity index (χ3v) is 5.48. The van der Waals surface area contributed by atoms with E-state index in [0.29, 0.717) is 0 Å². The number of hydrogen-bond acceptors (Lipinski definition) is 3. The quantitative estimate of drug-likeness (QED) is 0.893. The standard InChI is InChI=1S/C21H32N2O2/c1-21(2)15-19(11-14-25-21)22-20(24)18-9-6-12-23(16-18)13-10-17-7-4-3-5-8-17/h3-5,7-8,18-19H,6,9-16H2,1-2H3,(H,22,24)/t18-,19+/m0/s1. The molecule has 0 spiro atoms. The first kappa shape index (κ1) is 18.4. The minimum atomic E-state index is -0.121. The summed E-state index contributed by atoms with van der Waals surface area (Å²) in [4.78, 5) is 15.2.